The minimum Gasteiger partial charge on any atom is -0.478 e. The van der Waals surface area contributed by atoms with Gasteiger partial charge in [-0.3, -0.25) is 4.90 Å². The van der Waals surface area contributed by atoms with Crippen molar-refractivity contribution in [3.05, 3.63) is 60.2 Å². The maximum absolute atomic E-state index is 10.6. The van der Waals surface area contributed by atoms with E-state index in [-0.39, 0.29) is 5.54 Å². The average molecular weight is 303 g/mol. The molecule has 1 rings (SSSR count). The second-order valence-corrected chi connectivity index (χ2v) is 5.31. The van der Waals surface area contributed by atoms with Gasteiger partial charge < -0.3 is 10.2 Å². The molecule has 118 valence electrons. The molecule has 0 aliphatic rings. The predicted molar refractivity (Wildman–Crippen MR) is 84.6 cm³/mol. The number of hydrogen-bond acceptors (Lipinski definition) is 3. The molecule has 1 aromatic carbocycles. The molecule has 0 amide bonds. The number of carboxylic acids is 2. The number of aliphatic carboxylic acids is 2. The van der Waals surface area contributed by atoms with Gasteiger partial charge in [0.05, 0.1) is 0 Å². The monoisotopic (exact) mass is 303 g/mol. The van der Waals surface area contributed by atoms with Crippen LogP contribution in [0.15, 0.2) is 54.6 Å². The topological polar surface area (TPSA) is 77.8 Å². The molecule has 0 fully saturated rings. The third-order valence-corrected chi connectivity index (χ3v) is 3.44. The first-order valence-electron chi connectivity index (χ1n) is 6.93. The first kappa shape index (κ1) is 17.7. The van der Waals surface area contributed by atoms with E-state index in [1.54, 1.807) is 12.2 Å². The van der Waals surface area contributed by atoms with Crippen LogP contribution in [0.5, 0.6) is 0 Å². The molecular weight excluding hydrogens is 282 g/mol. The van der Waals surface area contributed by atoms with E-state index in [0.29, 0.717) is 13.1 Å². The molecule has 0 radical (unpaired) electrons. The zero-order valence-corrected chi connectivity index (χ0v) is 12.8. The average Bonchev–Trinajstić information content (AvgIpc) is 2.46. The first-order chi connectivity index (χ1) is 10.3. The Bertz CT molecular complexity index is 535. The van der Waals surface area contributed by atoms with Crippen molar-refractivity contribution in [3.8, 4) is 0 Å². The van der Waals surface area contributed by atoms with E-state index in [2.05, 4.69) is 0 Å². The summed E-state index contributed by atoms with van der Waals surface area (Å²) in [5.41, 5.74) is 0.704. The van der Waals surface area contributed by atoms with E-state index in [4.69, 9.17) is 10.2 Å². The fourth-order valence-electron chi connectivity index (χ4n) is 2.12. The number of carbonyl (C=O) groups is 2. The van der Waals surface area contributed by atoms with Gasteiger partial charge in [0.1, 0.15) is 0 Å². The Balaban J connectivity index is 2.96. The Hall–Kier alpha value is -2.40. The molecule has 0 aliphatic heterocycles. The number of nitrogens with zero attached hydrogens (tertiary/aromatic N) is 1. The van der Waals surface area contributed by atoms with E-state index in [9.17, 15) is 9.59 Å². The highest BCUT2D eigenvalue weighted by molar-refractivity contribution is 5.80. The van der Waals surface area contributed by atoms with E-state index < -0.39 is 11.9 Å². The SMILES string of the molecule is CC(C)(c1ccccc1)N(CC=CC(=O)O)CC=CC(=O)O. The summed E-state index contributed by atoms with van der Waals surface area (Å²) in [6.07, 6.45) is 5.30. The van der Waals surface area contributed by atoms with Gasteiger partial charge in [0.15, 0.2) is 0 Å². The molecule has 0 bridgehead atoms. The smallest absolute Gasteiger partial charge is 0.328 e. The highest BCUT2D eigenvalue weighted by Gasteiger charge is 2.26. The third-order valence-electron chi connectivity index (χ3n) is 3.44. The summed E-state index contributed by atoms with van der Waals surface area (Å²) < 4.78 is 0. The van der Waals surface area contributed by atoms with Crippen molar-refractivity contribution >= 4 is 11.9 Å². The van der Waals surface area contributed by atoms with Crippen molar-refractivity contribution in [2.75, 3.05) is 13.1 Å². The van der Waals surface area contributed by atoms with E-state index in [0.717, 1.165) is 17.7 Å². The standard InChI is InChI=1S/C17H21NO4/c1-17(2,14-8-4-3-5-9-14)18(12-6-10-15(19)20)13-7-11-16(21)22/h3-11H,12-13H2,1-2H3,(H,19,20)(H,21,22). The van der Waals surface area contributed by atoms with Crippen LogP contribution in [-0.4, -0.2) is 40.1 Å². The van der Waals surface area contributed by atoms with Gasteiger partial charge in [0, 0.05) is 30.8 Å². The Morgan fingerprint density at radius 3 is 1.86 bits per heavy atom. The van der Waals surface area contributed by atoms with Crippen LogP contribution in [0, 0.1) is 0 Å². The van der Waals surface area contributed by atoms with Crippen LogP contribution in [0.3, 0.4) is 0 Å². The zero-order valence-electron chi connectivity index (χ0n) is 12.8. The van der Waals surface area contributed by atoms with Crippen molar-refractivity contribution in [1.29, 1.82) is 0 Å². The molecule has 5 heteroatoms. The number of carboxylic acid groups (broad SMARTS) is 2. The summed E-state index contributed by atoms with van der Waals surface area (Å²) in [4.78, 5) is 23.2. The molecule has 22 heavy (non-hydrogen) atoms. The first-order valence-corrected chi connectivity index (χ1v) is 6.93. The fraction of sp³-hybridized carbons (Fsp3) is 0.294. The van der Waals surface area contributed by atoms with Gasteiger partial charge in [0.2, 0.25) is 0 Å². The second kappa shape index (κ2) is 8.14. The normalized spacial score (nSPS) is 12.3. The maximum Gasteiger partial charge on any atom is 0.328 e. The quantitative estimate of drug-likeness (QED) is 0.721. The third kappa shape index (κ3) is 5.54. The molecule has 0 unspecified atom stereocenters. The van der Waals surface area contributed by atoms with Gasteiger partial charge in [0.25, 0.3) is 0 Å². The van der Waals surface area contributed by atoms with Crippen molar-refractivity contribution in [2.45, 2.75) is 19.4 Å². The summed E-state index contributed by atoms with van der Waals surface area (Å²) in [5.74, 6) is -2.00. The fourth-order valence-corrected chi connectivity index (χ4v) is 2.12. The van der Waals surface area contributed by atoms with E-state index in [1.165, 1.54) is 0 Å². The lowest BCUT2D eigenvalue weighted by molar-refractivity contribution is -0.132. The largest absolute Gasteiger partial charge is 0.478 e. The molecule has 2 N–H and O–H groups in total. The molecule has 1 aromatic rings. The Morgan fingerprint density at radius 1 is 1.00 bits per heavy atom. The number of hydrogen-bond donors (Lipinski definition) is 2. The van der Waals surface area contributed by atoms with Gasteiger partial charge >= 0.3 is 11.9 Å². The summed E-state index contributed by atoms with van der Waals surface area (Å²) >= 11 is 0. The van der Waals surface area contributed by atoms with Crippen molar-refractivity contribution in [1.82, 2.24) is 4.90 Å². The highest BCUT2D eigenvalue weighted by Crippen LogP contribution is 2.27. The number of rotatable bonds is 8. The van der Waals surface area contributed by atoms with Crippen molar-refractivity contribution < 1.29 is 19.8 Å². The van der Waals surface area contributed by atoms with Crippen molar-refractivity contribution in [3.63, 3.8) is 0 Å². The van der Waals surface area contributed by atoms with Gasteiger partial charge in [-0.2, -0.15) is 0 Å². The highest BCUT2D eigenvalue weighted by atomic mass is 16.4. The minimum absolute atomic E-state index is 0.368. The van der Waals surface area contributed by atoms with Gasteiger partial charge in [-0.15, -0.1) is 0 Å². The molecular formula is C17H21NO4. The van der Waals surface area contributed by atoms with Crippen LogP contribution in [0.1, 0.15) is 19.4 Å². The molecule has 0 aromatic heterocycles. The van der Waals surface area contributed by atoms with Crippen LogP contribution < -0.4 is 0 Å². The van der Waals surface area contributed by atoms with Crippen LogP contribution >= 0.6 is 0 Å². The van der Waals surface area contributed by atoms with Gasteiger partial charge in [-0.05, 0) is 19.4 Å². The molecule has 0 heterocycles. The second-order valence-electron chi connectivity index (χ2n) is 5.31. The Kier molecular flexibility index (Phi) is 6.53. The van der Waals surface area contributed by atoms with Crippen LogP contribution in [0.25, 0.3) is 0 Å². The van der Waals surface area contributed by atoms with Gasteiger partial charge in [-0.25, -0.2) is 9.59 Å². The Labute approximate surface area is 130 Å². The van der Waals surface area contributed by atoms with Crippen LogP contribution in [0.2, 0.25) is 0 Å². The Morgan fingerprint density at radius 2 is 1.45 bits per heavy atom. The summed E-state index contributed by atoms with van der Waals surface area (Å²) in [5, 5.41) is 17.4. The zero-order chi connectivity index (χ0) is 16.6. The van der Waals surface area contributed by atoms with Crippen LogP contribution in [-0.2, 0) is 15.1 Å². The molecule has 0 spiro atoms. The number of benzene rings is 1. The van der Waals surface area contributed by atoms with Crippen molar-refractivity contribution in [2.24, 2.45) is 0 Å². The summed E-state index contributed by atoms with van der Waals surface area (Å²) in [6, 6.07) is 9.80. The van der Waals surface area contributed by atoms with Gasteiger partial charge in [-0.1, -0.05) is 42.5 Å². The predicted octanol–water partition coefficient (Wildman–Crippen LogP) is 2.51. The molecule has 0 saturated carbocycles. The van der Waals surface area contributed by atoms with E-state index in [1.807, 2.05) is 49.1 Å². The molecule has 5 nitrogen and oxygen atoms in total. The molecule has 0 aliphatic carbocycles. The lowest BCUT2D eigenvalue weighted by Crippen LogP contribution is -2.41. The van der Waals surface area contributed by atoms with E-state index >= 15 is 0 Å². The summed E-state index contributed by atoms with van der Waals surface area (Å²) in [7, 11) is 0. The maximum atomic E-state index is 10.6. The summed E-state index contributed by atoms with van der Waals surface area (Å²) in [6.45, 7) is 4.84. The molecule has 0 atom stereocenters. The molecule has 0 saturated heterocycles. The minimum atomic E-state index is -1.00. The van der Waals surface area contributed by atoms with Crippen LogP contribution in [0.4, 0.5) is 0 Å². The lowest BCUT2D eigenvalue weighted by atomic mass is 9.92. The lowest BCUT2D eigenvalue weighted by Gasteiger charge is -2.38.